The summed E-state index contributed by atoms with van der Waals surface area (Å²) in [7, 11) is 2.07. The largest absolute Gasteiger partial charge is 0.397 e. The molecule has 2 aromatic rings. The van der Waals surface area contributed by atoms with Crippen LogP contribution in [0.4, 0.5) is 11.4 Å². The minimum atomic E-state index is 0.829. The normalized spacial score (nSPS) is 10.5. The van der Waals surface area contributed by atoms with Crippen molar-refractivity contribution in [3.63, 3.8) is 0 Å². The topological polar surface area (TPSA) is 29.3 Å². The van der Waals surface area contributed by atoms with Crippen molar-refractivity contribution in [3.8, 4) is 0 Å². The smallest absolute Gasteiger partial charge is 0.0600 e. The fraction of sp³-hybridized carbons (Fsp3) is 0.250. The summed E-state index contributed by atoms with van der Waals surface area (Å²) in [6.45, 7) is 5.03. The molecule has 0 heterocycles. The maximum atomic E-state index is 6.09. The number of aryl methyl sites for hydroxylation is 2. The van der Waals surface area contributed by atoms with Gasteiger partial charge in [-0.05, 0) is 54.8 Å². The number of benzene rings is 2. The monoisotopic (exact) mass is 318 g/mol. The van der Waals surface area contributed by atoms with E-state index < -0.39 is 0 Å². The standard InChI is InChI=1S/C16H19BrN2/c1-11-4-7-16(15(18)8-11)19(3)10-13-9-14(17)6-5-12(13)2/h4-9H,10,18H2,1-3H3. The lowest BCUT2D eigenvalue weighted by Gasteiger charge is -2.22. The zero-order valence-corrected chi connectivity index (χ0v) is 13.2. The number of halogens is 1. The average molecular weight is 319 g/mol. The highest BCUT2D eigenvalue weighted by Gasteiger charge is 2.08. The Morgan fingerprint density at radius 3 is 2.53 bits per heavy atom. The van der Waals surface area contributed by atoms with Crippen LogP contribution in [0, 0.1) is 13.8 Å². The number of hydrogen-bond donors (Lipinski definition) is 1. The third-order valence-electron chi connectivity index (χ3n) is 3.31. The molecule has 0 saturated heterocycles. The molecule has 0 aliphatic carbocycles. The van der Waals surface area contributed by atoms with Crippen LogP contribution in [-0.2, 0) is 6.54 Å². The Kier molecular flexibility index (Phi) is 4.15. The van der Waals surface area contributed by atoms with E-state index in [1.54, 1.807) is 0 Å². The van der Waals surface area contributed by atoms with E-state index in [2.05, 4.69) is 72.1 Å². The highest BCUT2D eigenvalue weighted by molar-refractivity contribution is 9.10. The zero-order chi connectivity index (χ0) is 14.0. The molecule has 2 N–H and O–H groups in total. The Morgan fingerprint density at radius 2 is 1.84 bits per heavy atom. The van der Waals surface area contributed by atoms with Gasteiger partial charge in [0.1, 0.15) is 0 Å². The Bertz CT molecular complexity index is 593. The van der Waals surface area contributed by atoms with Crippen molar-refractivity contribution >= 4 is 27.3 Å². The first-order valence-electron chi connectivity index (χ1n) is 6.29. The Balaban J connectivity index is 2.25. The van der Waals surface area contributed by atoms with Crippen LogP contribution in [0.5, 0.6) is 0 Å². The first-order chi connectivity index (χ1) is 8.97. The summed E-state index contributed by atoms with van der Waals surface area (Å²) in [4.78, 5) is 2.18. The van der Waals surface area contributed by atoms with Crippen LogP contribution in [0.2, 0.25) is 0 Å². The minimum absolute atomic E-state index is 0.829. The molecule has 0 saturated carbocycles. The van der Waals surface area contributed by atoms with Crippen LogP contribution in [0.1, 0.15) is 16.7 Å². The maximum absolute atomic E-state index is 6.09. The third kappa shape index (κ3) is 3.29. The summed E-state index contributed by atoms with van der Waals surface area (Å²) in [5.41, 5.74) is 11.8. The molecule has 2 aromatic carbocycles. The second-order valence-electron chi connectivity index (χ2n) is 4.99. The number of anilines is 2. The number of nitrogens with two attached hydrogens (primary N) is 1. The third-order valence-corrected chi connectivity index (χ3v) is 3.81. The first kappa shape index (κ1) is 13.9. The van der Waals surface area contributed by atoms with E-state index in [0.29, 0.717) is 0 Å². The molecule has 100 valence electrons. The Labute approximate surface area is 123 Å². The summed E-state index contributed by atoms with van der Waals surface area (Å²) in [5, 5.41) is 0. The van der Waals surface area contributed by atoms with E-state index in [4.69, 9.17) is 5.73 Å². The van der Waals surface area contributed by atoms with Crippen molar-refractivity contribution in [1.82, 2.24) is 0 Å². The van der Waals surface area contributed by atoms with E-state index >= 15 is 0 Å². The molecule has 0 aliphatic heterocycles. The molecular weight excluding hydrogens is 300 g/mol. The predicted molar refractivity (Wildman–Crippen MR) is 86.6 cm³/mol. The lowest BCUT2D eigenvalue weighted by molar-refractivity contribution is 0.914. The van der Waals surface area contributed by atoms with Gasteiger partial charge in [-0.1, -0.05) is 28.1 Å². The second-order valence-corrected chi connectivity index (χ2v) is 5.90. The van der Waals surface area contributed by atoms with Gasteiger partial charge in [-0.25, -0.2) is 0 Å². The van der Waals surface area contributed by atoms with Crippen molar-refractivity contribution in [2.24, 2.45) is 0 Å². The highest BCUT2D eigenvalue weighted by atomic mass is 79.9. The minimum Gasteiger partial charge on any atom is -0.397 e. The van der Waals surface area contributed by atoms with Crippen molar-refractivity contribution in [2.45, 2.75) is 20.4 Å². The Hall–Kier alpha value is -1.48. The van der Waals surface area contributed by atoms with E-state index in [1.165, 1.54) is 16.7 Å². The lowest BCUT2D eigenvalue weighted by Crippen LogP contribution is -2.18. The van der Waals surface area contributed by atoms with Gasteiger partial charge in [-0.2, -0.15) is 0 Å². The fourth-order valence-corrected chi connectivity index (χ4v) is 2.58. The van der Waals surface area contributed by atoms with Gasteiger partial charge < -0.3 is 10.6 Å². The van der Waals surface area contributed by atoms with Crippen LogP contribution in [0.3, 0.4) is 0 Å². The van der Waals surface area contributed by atoms with E-state index in [-0.39, 0.29) is 0 Å². The molecule has 3 heteroatoms. The number of rotatable bonds is 3. The van der Waals surface area contributed by atoms with Gasteiger partial charge in [0.05, 0.1) is 11.4 Å². The molecular formula is C16H19BrN2. The van der Waals surface area contributed by atoms with Crippen LogP contribution >= 0.6 is 15.9 Å². The molecule has 2 nitrogen and oxygen atoms in total. The van der Waals surface area contributed by atoms with Gasteiger partial charge >= 0.3 is 0 Å². The molecule has 2 rings (SSSR count). The van der Waals surface area contributed by atoms with Crippen molar-refractivity contribution < 1.29 is 0 Å². The predicted octanol–water partition coefficient (Wildman–Crippen LogP) is 4.28. The quantitative estimate of drug-likeness (QED) is 0.856. The molecule has 0 unspecified atom stereocenters. The number of hydrogen-bond acceptors (Lipinski definition) is 2. The van der Waals surface area contributed by atoms with Crippen LogP contribution in [0.25, 0.3) is 0 Å². The average Bonchev–Trinajstić information content (AvgIpc) is 2.33. The molecule has 0 bridgehead atoms. The molecule has 0 aliphatic rings. The van der Waals surface area contributed by atoms with E-state index in [1.807, 2.05) is 6.07 Å². The van der Waals surface area contributed by atoms with Crippen molar-refractivity contribution in [2.75, 3.05) is 17.7 Å². The summed E-state index contributed by atoms with van der Waals surface area (Å²) in [5.74, 6) is 0. The van der Waals surface area contributed by atoms with Gasteiger partial charge in [-0.15, -0.1) is 0 Å². The van der Waals surface area contributed by atoms with E-state index in [0.717, 1.165) is 22.4 Å². The molecule has 0 radical (unpaired) electrons. The SMILES string of the molecule is Cc1ccc(N(C)Cc2cc(Br)ccc2C)c(N)c1. The second kappa shape index (κ2) is 5.66. The van der Waals surface area contributed by atoms with Gasteiger partial charge in [0, 0.05) is 18.1 Å². The molecule has 0 spiro atoms. The summed E-state index contributed by atoms with van der Waals surface area (Å²) in [6.07, 6.45) is 0. The van der Waals surface area contributed by atoms with Gasteiger partial charge in [0.2, 0.25) is 0 Å². The summed E-state index contributed by atoms with van der Waals surface area (Å²) >= 11 is 3.52. The van der Waals surface area contributed by atoms with Gasteiger partial charge in [0.25, 0.3) is 0 Å². The Morgan fingerprint density at radius 1 is 1.11 bits per heavy atom. The van der Waals surface area contributed by atoms with Crippen LogP contribution in [-0.4, -0.2) is 7.05 Å². The summed E-state index contributed by atoms with van der Waals surface area (Å²) in [6, 6.07) is 12.6. The maximum Gasteiger partial charge on any atom is 0.0600 e. The molecule has 0 atom stereocenters. The molecule has 0 amide bonds. The van der Waals surface area contributed by atoms with Crippen molar-refractivity contribution in [1.29, 1.82) is 0 Å². The van der Waals surface area contributed by atoms with E-state index in [9.17, 15) is 0 Å². The molecule has 0 aromatic heterocycles. The number of nitrogens with zero attached hydrogens (tertiary/aromatic N) is 1. The first-order valence-corrected chi connectivity index (χ1v) is 7.09. The van der Waals surface area contributed by atoms with Crippen molar-refractivity contribution in [3.05, 3.63) is 57.6 Å². The summed E-state index contributed by atoms with van der Waals surface area (Å²) < 4.78 is 1.11. The van der Waals surface area contributed by atoms with Gasteiger partial charge in [-0.3, -0.25) is 0 Å². The molecule has 19 heavy (non-hydrogen) atoms. The van der Waals surface area contributed by atoms with Gasteiger partial charge in [0.15, 0.2) is 0 Å². The van der Waals surface area contributed by atoms with Crippen LogP contribution < -0.4 is 10.6 Å². The zero-order valence-electron chi connectivity index (χ0n) is 11.6. The van der Waals surface area contributed by atoms with Crippen LogP contribution in [0.15, 0.2) is 40.9 Å². The molecule has 0 fully saturated rings. The lowest BCUT2D eigenvalue weighted by atomic mass is 10.1. The fourth-order valence-electron chi connectivity index (χ4n) is 2.17. The highest BCUT2D eigenvalue weighted by Crippen LogP contribution is 2.26. The number of nitrogen functional groups attached to an aromatic ring is 1.